The standard InChI is InChI=1S/C18H19FN6O/c1-24-8-6-16(23-24)18(26)22-13-3-2-7-25(10-13)17-14-9-12(19)4-5-15(14)20-11-21-17/h4-6,8-9,11,13H,2-3,7,10H2,1H3,(H,22,26). The number of halogens is 1. The van der Waals surface area contributed by atoms with Crippen LogP contribution in [0, 0.1) is 5.82 Å². The lowest BCUT2D eigenvalue weighted by molar-refractivity contribution is 0.0927. The van der Waals surface area contributed by atoms with Crippen LogP contribution in [0.15, 0.2) is 36.8 Å². The molecule has 4 rings (SSSR count). The Morgan fingerprint density at radius 3 is 3.00 bits per heavy atom. The summed E-state index contributed by atoms with van der Waals surface area (Å²) in [6.45, 7) is 1.42. The van der Waals surface area contributed by atoms with Crippen LogP contribution >= 0.6 is 0 Å². The van der Waals surface area contributed by atoms with E-state index in [4.69, 9.17) is 0 Å². The zero-order valence-electron chi connectivity index (χ0n) is 14.4. The summed E-state index contributed by atoms with van der Waals surface area (Å²) in [7, 11) is 1.78. The van der Waals surface area contributed by atoms with Crippen molar-refractivity contribution in [3.8, 4) is 0 Å². The fourth-order valence-electron chi connectivity index (χ4n) is 3.35. The number of nitrogens with one attached hydrogen (secondary N) is 1. The van der Waals surface area contributed by atoms with Gasteiger partial charge in [0.05, 0.1) is 5.52 Å². The number of hydrogen-bond acceptors (Lipinski definition) is 5. The highest BCUT2D eigenvalue weighted by molar-refractivity contribution is 5.92. The molecule has 1 fully saturated rings. The Bertz CT molecular complexity index is 956. The Kier molecular flexibility index (Phi) is 4.24. The maximum absolute atomic E-state index is 13.7. The van der Waals surface area contributed by atoms with E-state index in [9.17, 15) is 9.18 Å². The number of aromatic nitrogens is 4. The van der Waals surface area contributed by atoms with Crippen molar-refractivity contribution in [2.24, 2.45) is 7.05 Å². The first-order chi connectivity index (χ1) is 12.6. The highest BCUT2D eigenvalue weighted by Gasteiger charge is 2.24. The van der Waals surface area contributed by atoms with Gasteiger partial charge in [-0.15, -0.1) is 0 Å². The smallest absolute Gasteiger partial charge is 0.272 e. The minimum absolute atomic E-state index is 0.0168. The van der Waals surface area contributed by atoms with Gasteiger partial charge in [0, 0.05) is 37.8 Å². The second kappa shape index (κ2) is 6.70. The molecule has 0 saturated carbocycles. The van der Waals surface area contributed by atoms with Crippen molar-refractivity contribution in [2.75, 3.05) is 18.0 Å². The van der Waals surface area contributed by atoms with Gasteiger partial charge in [-0.1, -0.05) is 0 Å². The fraction of sp³-hybridized carbons (Fsp3) is 0.333. The molecule has 1 N–H and O–H groups in total. The van der Waals surface area contributed by atoms with Gasteiger partial charge in [0.25, 0.3) is 5.91 Å². The Balaban J connectivity index is 1.54. The van der Waals surface area contributed by atoms with Gasteiger partial charge in [0.15, 0.2) is 0 Å². The molecular formula is C18H19FN6O. The third-order valence-electron chi connectivity index (χ3n) is 4.58. The monoisotopic (exact) mass is 354 g/mol. The van der Waals surface area contributed by atoms with Crippen LogP contribution in [0.1, 0.15) is 23.3 Å². The summed E-state index contributed by atoms with van der Waals surface area (Å²) in [6, 6.07) is 6.18. The van der Waals surface area contributed by atoms with Crippen LogP contribution in [-0.2, 0) is 7.05 Å². The molecule has 1 aromatic carbocycles. The first-order valence-corrected chi connectivity index (χ1v) is 8.56. The summed E-state index contributed by atoms with van der Waals surface area (Å²) >= 11 is 0. The number of piperidine rings is 1. The average Bonchev–Trinajstić information content (AvgIpc) is 3.08. The molecule has 0 spiro atoms. The first kappa shape index (κ1) is 16.4. The molecular weight excluding hydrogens is 335 g/mol. The number of aryl methyl sites for hydroxylation is 1. The van der Waals surface area contributed by atoms with Crippen LogP contribution in [0.2, 0.25) is 0 Å². The zero-order chi connectivity index (χ0) is 18.1. The van der Waals surface area contributed by atoms with Crippen molar-refractivity contribution in [3.63, 3.8) is 0 Å². The van der Waals surface area contributed by atoms with Crippen molar-refractivity contribution in [1.29, 1.82) is 0 Å². The number of hydrogen-bond donors (Lipinski definition) is 1. The minimum Gasteiger partial charge on any atom is -0.354 e. The minimum atomic E-state index is -0.314. The number of carbonyl (C=O) groups excluding carboxylic acids is 1. The molecule has 2 aromatic heterocycles. The Labute approximate surface area is 149 Å². The number of nitrogens with zero attached hydrogens (tertiary/aromatic N) is 5. The van der Waals surface area contributed by atoms with Gasteiger partial charge in [-0.3, -0.25) is 9.48 Å². The molecule has 7 nitrogen and oxygen atoms in total. The number of fused-ring (bicyclic) bond motifs is 1. The van der Waals surface area contributed by atoms with Gasteiger partial charge >= 0.3 is 0 Å². The van der Waals surface area contributed by atoms with Gasteiger partial charge in [0.1, 0.15) is 23.7 Å². The largest absolute Gasteiger partial charge is 0.354 e. The van der Waals surface area contributed by atoms with E-state index in [-0.39, 0.29) is 17.8 Å². The van der Waals surface area contributed by atoms with Crippen molar-refractivity contribution in [3.05, 3.63) is 48.3 Å². The van der Waals surface area contributed by atoms with Gasteiger partial charge in [-0.25, -0.2) is 14.4 Å². The van der Waals surface area contributed by atoms with E-state index >= 15 is 0 Å². The van der Waals surface area contributed by atoms with Gasteiger partial charge in [-0.2, -0.15) is 5.10 Å². The summed E-state index contributed by atoms with van der Waals surface area (Å²) in [4.78, 5) is 23.0. The summed E-state index contributed by atoms with van der Waals surface area (Å²) in [5, 5.41) is 7.85. The summed E-state index contributed by atoms with van der Waals surface area (Å²) in [6.07, 6.45) is 5.02. The third-order valence-corrected chi connectivity index (χ3v) is 4.58. The molecule has 3 aromatic rings. The molecule has 3 heterocycles. The number of amides is 1. The third kappa shape index (κ3) is 3.22. The molecule has 134 valence electrons. The number of carbonyl (C=O) groups is 1. The van der Waals surface area contributed by atoms with Gasteiger partial charge < -0.3 is 10.2 Å². The van der Waals surface area contributed by atoms with Crippen LogP contribution in [0.3, 0.4) is 0 Å². The van der Waals surface area contributed by atoms with Crippen molar-refractivity contribution < 1.29 is 9.18 Å². The number of rotatable bonds is 3. The molecule has 0 aliphatic carbocycles. The van der Waals surface area contributed by atoms with Crippen LogP contribution in [-0.4, -0.2) is 44.8 Å². The molecule has 1 aliphatic heterocycles. The van der Waals surface area contributed by atoms with E-state index in [2.05, 4.69) is 25.3 Å². The lowest BCUT2D eigenvalue weighted by Crippen LogP contribution is -2.48. The van der Waals surface area contributed by atoms with Gasteiger partial charge in [0.2, 0.25) is 0 Å². The van der Waals surface area contributed by atoms with E-state index in [0.29, 0.717) is 29.0 Å². The molecule has 1 aliphatic rings. The van der Waals surface area contributed by atoms with Crippen LogP contribution in [0.4, 0.5) is 10.2 Å². The molecule has 1 atom stereocenters. The summed E-state index contributed by atoms with van der Waals surface area (Å²) in [5.41, 5.74) is 1.11. The Morgan fingerprint density at radius 2 is 2.19 bits per heavy atom. The predicted octanol–water partition coefficient (Wildman–Crippen LogP) is 1.90. The second-order valence-electron chi connectivity index (χ2n) is 6.49. The lowest BCUT2D eigenvalue weighted by atomic mass is 10.0. The fourth-order valence-corrected chi connectivity index (χ4v) is 3.35. The zero-order valence-corrected chi connectivity index (χ0v) is 14.4. The maximum atomic E-state index is 13.7. The van der Waals surface area contributed by atoms with Crippen LogP contribution in [0.5, 0.6) is 0 Å². The Hall–Kier alpha value is -3.03. The molecule has 0 radical (unpaired) electrons. The van der Waals surface area contributed by atoms with Gasteiger partial charge in [-0.05, 0) is 37.1 Å². The van der Waals surface area contributed by atoms with E-state index in [1.165, 1.54) is 18.5 Å². The van der Waals surface area contributed by atoms with Crippen LogP contribution in [0.25, 0.3) is 10.9 Å². The molecule has 1 amide bonds. The van der Waals surface area contributed by atoms with Crippen LogP contribution < -0.4 is 10.2 Å². The summed E-state index contributed by atoms with van der Waals surface area (Å²) in [5.74, 6) is 0.202. The first-order valence-electron chi connectivity index (χ1n) is 8.56. The van der Waals surface area contributed by atoms with Crippen molar-refractivity contribution >= 4 is 22.6 Å². The Morgan fingerprint density at radius 1 is 1.31 bits per heavy atom. The molecule has 0 bridgehead atoms. The molecule has 26 heavy (non-hydrogen) atoms. The second-order valence-corrected chi connectivity index (χ2v) is 6.49. The SMILES string of the molecule is Cn1ccc(C(=O)NC2CCCN(c3ncnc4ccc(F)cc34)C2)n1. The molecule has 8 heteroatoms. The van der Waals surface area contributed by atoms with Crippen molar-refractivity contribution in [1.82, 2.24) is 25.1 Å². The topological polar surface area (TPSA) is 75.9 Å². The average molecular weight is 354 g/mol. The predicted molar refractivity (Wildman–Crippen MR) is 95.4 cm³/mol. The van der Waals surface area contributed by atoms with E-state index in [1.54, 1.807) is 30.1 Å². The van der Waals surface area contributed by atoms with E-state index < -0.39 is 0 Å². The molecule has 1 saturated heterocycles. The highest BCUT2D eigenvalue weighted by Crippen LogP contribution is 2.26. The molecule has 1 unspecified atom stereocenters. The van der Waals surface area contributed by atoms with E-state index in [1.807, 2.05) is 0 Å². The lowest BCUT2D eigenvalue weighted by Gasteiger charge is -2.34. The maximum Gasteiger partial charge on any atom is 0.272 e. The highest BCUT2D eigenvalue weighted by atomic mass is 19.1. The quantitative estimate of drug-likeness (QED) is 0.777. The van der Waals surface area contributed by atoms with E-state index in [0.717, 1.165) is 19.4 Å². The number of benzene rings is 1. The normalized spacial score (nSPS) is 17.5. The number of anilines is 1. The van der Waals surface area contributed by atoms with Crippen molar-refractivity contribution in [2.45, 2.75) is 18.9 Å². The summed E-state index contributed by atoms with van der Waals surface area (Å²) < 4.78 is 15.3.